The zero-order valence-electron chi connectivity index (χ0n) is 11.9. The Labute approximate surface area is 132 Å². The van der Waals surface area contributed by atoms with E-state index >= 15 is 0 Å². The monoisotopic (exact) mass is 361 g/mol. The van der Waals surface area contributed by atoms with Crippen molar-refractivity contribution in [3.05, 3.63) is 20.8 Å². The van der Waals surface area contributed by atoms with E-state index in [4.69, 9.17) is 0 Å². The highest BCUT2D eigenvalue weighted by Crippen LogP contribution is 2.23. The van der Waals surface area contributed by atoms with Gasteiger partial charge in [-0.3, -0.25) is 9.59 Å². The molecule has 0 aliphatic rings. The van der Waals surface area contributed by atoms with Crippen molar-refractivity contribution in [2.75, 3.05) is 20.2 Å². The molecule has 0 atom stereocenters. The van der Waals surface area contributed by atoms with Crippen molar-refractivity contribution in [1.82, 2.24) is 4.90 Å². The van der Waals surface area contributed by atoms with E-state index in [1.807, 2.05) is 13.0 Å². The third-order valence-electron chi connectivity index (χ3n) is 2.84. The maximum absolute atomic E-state index is 12.1. The smallest absolute Gasteiger partial charge is 0.325 e. The highest BCUT2D eigenvalue weighted by atomic mass is 79.9. The summed E-state index contributed by atoms with van der Waals surface area (Å²) in [5, 5.41) is 0. The Bertz CT molecular complexity index is 447. The number of ether oxygens (including phenoxy) is 1. The van der Waals surface area contributed by atoms with Crippen molar-refractivity contribution in [3.8, 4) is 0 Å². The van der Waals surface area contributed by atoms with Gasteiger partial charge in [-0.25, -0.2) is 0 Å². The summed E-state index contributed by atoms with van der Waals surface area (Å²) in [6.45, 7) is 2.63. The quantitative estimate of drug-likeness (QED) is 0.667. The number of hydrogen-bond acceptors (Lipinski definition) is 4. The highest BCUT2D eigenvalue weighted by Gasteiger charge is 2.16. The van der Waals surface area contributed by atoms with Gasteiger partial charge in [0.2, 0.25) is 5.91 Å². The van der Waals surface area contributed by atoms with Gasteiger partial charge in [-0.1, -0.05) is 6.92 Å². The molecule has 0 saturated heterocycles. The first kappa shape index (κ1) is 17.2. The van der Waals surface area contributed by atoms with Crippen molar-refractivity contribution < 1.29 is 14.3 Å². The molecular weight excluding hydrogens is 342 g/mol. The summed E-state index contributed by atoms with van der Waals surface area (Å²) in [5.41, 5.74) is 0. The molecule has 1 aromatic rings. The number of halogens is 1. The van der Waals surface area contributed by atoms with Crippen LogP contribution in [0.3, 0.4) is 0 Å². The average molecular weight is 362 g/mol. The van der Waals surface area contributed by atoms with Gasteiger partial charge in [0.25, 0.3) is 0 Å². The number of nitrogens with zero attached hydrogens (tertiary/aromatic N) is 1. The maximum atomic E-state index is 12.1. The Hall–Kier alpha value is -0.880. The summed E-state index contributed by atoms with van der Waals surface area (Å²) in [5.74, 6) is -0.346. The number of rotatable bonds is 8. The Balaban J connectivity index is 2.39. The lowest BCUT2D eigenvalue weighted by Crippen LogP contribution is -2.36. The third-order valence-corrected chi connectivity index (χ3v) is 4.52. The number of carbonyl (C=O) groups excluding carboxylic acids is 2. The second-order valence-corrected chi connectivity index (χ2v) is 7.00. The van der Waals surface area contributed by atoms with E-state index in [-0.39, 0.29) is 18.4 Å². The van der Waals surface area contributed by atoms with Gasteiger partial charge in [-0.2, -0.15) is 0 Å². The standard InChI is InChI=1S/C14H20BrNO3S/c1-3-9-16(10-14(18)19-2)13(17)6-4-5-11-7-8-12(15)20-11/h7-8H,3-6,9-10H2,1-2H3. The Morgan fingerprint density at radius 2 is 2.15 bits per heavy atom. The second kappa shape index (κ2) is 9.13. The molecule has 0 aromatic carbocycles. The van der Waals surface area contributed by atoms with Crippen molar-refractivity contribution in [2.24, 2.45) is 0 Å². The zero-order valence-corrected chi connectivity index (χ0v) is 14.3. The number of amides is 1. The Kier molecular flexibility index (Phi) is 7.84. The molecule has 6 heteroatoms. The van der Waals surface area contributed by atoms with E-state index in [0.717, 1.165) is 23.0 Å². The van der Waals surface area contributed by atoms with Gasteiger partial charge >= 0.3 is 5.97 Å². The van der Waals surface area contributed by atoms with Crippen LogP contribution in [0.2, 0.25) is 0 Å². The minimum absolute atomic E-state index is 0.0212. The largest absolute Gasteiger partial charge is 0.468 e. The van der Waals surface area contributed by atoms with Crippen molar-refractivity contribution in [3.63, 3.8) is 0 Å². The summed E-state index contributed by atoms with van der Waals surface area (Å²) in [6, 6.07) is 4.08. The molecule has 112 valence electrons. The number of methoxy groups -OCH3 is 1. The zero-order chi connectivity index (χ0) is 15.0. The molecular formula is C14H20BrNO3S. The number of carbonyl (C=O) groups is 2. The minimum atomic E-state index is -0.367. The fraction of sp³-hybridized carbons (Fsp3) is 0.571. The molecule has 1 aromatic heterocycles. The van der Waals surface area contributed by atoms with Gasteiger partial charge in [0.1, 0.15) is 6.54 Å². The van der Waals surface area contributed by atoms with E-state index in [0.29, 0.717) is 13.0 Å². The fourth-order valence-corrected chi connectivity index (χ4v) is 3.37. The summed E-state index contributed by atoms with van der Waals surface area (Å²) in [6.07, 6.45) is 2.99. The van der Waals surface area contributed by atoms with E-state index in [1.165, 1.54) is 12.0 Å². The fourth-order valence-electron chi connectivity index (χ4n) is 1.84. The minimum Gasteiger partial charge on any atom is -0.468 e. The molecule has 0 fully saturated rings. The van der Waals surface area contributed by atoms with Gasteiger partial charge in [-0.15, -0.1) is 11.3 Å². The lowest BCUT2D eigenvalue weighted by Gasteiger charge is -2.20. The molecule has 0 radical (unpaired) electrons. The molecule has 0 N–H and O–H groups in total. The SMILES string of the molecule is CCCN(CC(=O)OC)C(=O)CCCc1ccc(Br)s1. The Morgan fingerprint density at radius 3 is 2.70 bits per heavy atom. The predicted molar refractivity (Wildman–Crippen MR) is 83.8 cm³/mol. The van der Waals surface area contributed by atoms with Crippen LogP contribution in [-0.2, 0) is 20.7 Å². The molecule has 1 heterocycles. The van der Waals surface area contributed by atoms with Crippen LogP contribution in [-0.4, -0.2) is 37.0 Å². The predicted octanol–water partition coefficient (Wildman–Crippen LogP) is 3.24. The molecule has 0 aliphatic carbocycles. The third kappa shape index (κ3) is 6.05. The highest BCUT2D eigenvalue weighted by molar-refractivity contribution is 9.11. The van der Waals surface area contributed by atoms with Crippen LogP contribution >= 0.6 is 27.3 Å². The van der Waals surface area contributed by atoms with Crippen LogP contribution in [0.15, 0.2) is 15.9 Å². The number of esters is 1. The van der Waals surface area contributed by atoms with Gasteiger partial charge in [0.15, 0.2) is 0 Å². The van der Waals surface area contributed by atoms with Crippen LogP contribution in [0.25, 0.3) is 0 Å². The summed E-state index contributed by atoms with van der Waals surface area (Å²) in [4.78, 5) is 26.2. The van der Waals surface area contributed by atoms with E-state index < -0.39 is 0 Å². The molecule has 20 heavy (non-hydrogen) atoms. The number of hydrogen-bond donors (Lipinski definition) is 0. The lowest BCUT2D eigenvalue weighted by molar-refractivity contribution is -0.147. The van der Waals surface area contributed by atoms with Gasteiger partial charge < -0.3 is 9.64 Å². The summed E-state index contributed by atoms with van der Waals surface area (Å²) in [7, 11) is 1.34. The average Bonchev–Trinajstić information content (AvgIpc) is 2.83. The molecule has 0 bridgehead atoms. The molecule has 1 rings (SSSR count). The Morgan fingerprint density at radius 1 is 1.40 bits per heavy atom. The van der Waals surface area contributed by atoms with Gasteiger partial charge in [-0.05, 0) is 47.3 Å². The molecule has 0 spiro atoms. The van der Waals surface area contributed by atoms with Crippen LogP contribution in [0.1, 0.15) is 31.1 Å². The molecule has 4 nitrogen and oxygen atoms in total. The van der Waals surface area contributed by atoms with E-state index in [2.05, 4.69) is 26.7 Å². The summed E-state index contributed by atoms with van der Waals surface area (Å²) >= 11 is 5.11. The topological polar surface area (TPSA) is 46.6 Å². The number of thiophene rings is 1. The normalized spacial score (nSPS) is 10.3. The first-order chi connectivity index (χ1) is 9.56. The van der Waals surface area contributed by atoms with Gasteiger partial charge in [0.05, 0.1) is 10.9 Å². The van der Waals surface area contributed by atoms with E-state index in [1.54, 1.807) is 16.2 Å². The molecule has 0 aliphatic heterocycles. The maximum Gasteiger partial charge on any atom is 0.325 e. The lowest BCUT2D eigenvalue weighted by atomic mass is 10.2. The van der Waals surface area contributed by atoms with Gasteiger partial charge in [0, 0.05) is 17.8 Å². The summed E-state index contributed by atoms with van der Waals surface area (Å²) < 4.78 is 5.73. The first-order valence-corrected chi connectivity index (χ1v) is 8.26. The number of aryl methyl sites for hydroxylation is 1. The van der Waals surface area contributed by atoms with Crippen molar-refractivity contribution >= 4 is 39.1 Å². The first-order valence-electron chi connectivity index (χ1n) is 6.65. The van der Waals surface area contributed by atoms with Crippen LogP contribution in [0.5, 0.6) is 0 Å². The molecule has 1 amide bonds. The second-order valence-electron chi connectivity index (χ2n) is 4.45. The van der Waals surface area contributed by atoms with Crippen LogP contribution in [0.4, 0.5) is 0 Å². The van der Waals surface area contributed by atoms with E-state index in [9.17, 15) is 9.59 Å². The molecule has 0 unspecified atom stereocenters. The molecule has 0 saturated carbocycles. The van der Waals surface area contributed by atoms with Crippen molar-refractivity contribution in [1.29, 1.82) is 0 Å². The van der Waals surface area contributed by atoms with Crippen LogP contribution < -0.4 is 0 Å². The van der Waals surface area contributed by atoms with Crippen molar-refractivity contribution in [2.45, 2.75) is 32.6 Å². The van der Waals surface area contributed by atoms with Crippen LogP contribution in [0, 0.1) is 0 Å².